The number of piperidine rings is 1. The van der Waals surface area contributed by atoms with Gasteiger partial charge in [0, 0.05) is 26.4 Å². The summed E-state index contributed by atoms with van der Waals surface area (Å²) in [5.41, 5.74) is 1.72. The predicted molar refractivity (Wildman–Crippen MR) is 62.6 cm³/mol. The van der Waals surface area contributed by atoms with Crippen LogP contribution in [-0.4, -0.2) is 28.2 Å². The van der Waals surface area contributed by atoms with Crippen LogP contribution < -0.4 is 5.32 Å². The van der Waals surface area contributed by atoms with Gasteiger partial charge in [0.05, 0.1) is 5.69 Å². The summed E-state index contributed by atoms with van der Waals surface area (Å²) in [6, 6.07) is 2.45. The van der Waals surface area contributed by atoms with Gasteiger partial charge < -0.3 is 5.32 Å². The molecule has 4 nitrogen and oxygen atoms in total. The summed E-state index contributed by atoms with van der Waals surface area (Å²) in [5.74, 6) is 0.0813. The zero-order valence-electron chi connectivity index (χ0n) is 9.99. The van der Waals surface area contributed by atoms with Crippen molar-refractivity contribution in [2.24, 2.45) is 7.05 Å². The van der Waals surface area contributed by atoms with Gasteiger partial charge in [0.1, 0.15) is 5.69 Å². The molecule has 1 unspecified atom stereocenters. The van der Waals surface area contributed by atoms with Crippen LogP contribution in [0.25, 0.3) is 0 Å². The molecule has 1 atom stereocenters. The van der Waals surface area contributed by atoms with E-state index in [1.165, 1.54) is 19.3 Å². The van der Waals surface area contributed by atoms with E-state index in [-0.39, 0.29) is 5.78 Å². The highest BCUT2D eigenvalue weighted by molar-refractivity contribution is 5.92. The Bertz CT molecular complexity index is 378. The smallest absolute Gasteiger partial charge is 0.177 e. The number of nitrogens with zero attached hydrogens (tertiary/aromatic N) is 2. The van der Waals surface area contributed by atoms with Crippen LogP contribution >= 0.6 is 0 Å². The Kier molecular flexibility index (Phi) is 3.39. The number of nitrogens with one attached hydrogen (secondary N) is 1. The lowest BCUT2D eigenvalue weighted by atomic mass is 10.0. The van der Waals surface area contributed by atoms with E-state index in [2.05, 4.69) is 10.4 Å². The number of carbonyl (C=O) groups excluding carboxylic acids is 1. The van der Waals surface area contributed by atoms with E-state index >= 15 is 0 Å². The van der Waals surface area contributed by atoms with Crippen molar-refractivity contribution in [2.45, 2.75) is 38.6 Å². The van der Waals surface area contributed by atoms with Crippen molar-refractivity contribution in [1.29, 1.82) is 0 Å². The molecule has 1 aliphatic heterocycles. The number of Topliss-reactive ketones (excluding diaryl/α,β-unsaturated/α-hetero) is 1. The molecule has 1 fully saturated rings. The highest BCUT2D eigenvalue weighted by Crippen LogP contribution is 2.13. The van der Waals surface area contributed by atoms with Gasteiger partial charge in [0.15, 0.2) is 5.78 Å². The third kappa shape index (κ3) is 2.50. The topological polar surface area (TPSA) is 46.9 Å². The van der Waals surface area contributed by atoms with Crippen LogP contribution in [0.15, 0.2) is 6.07 Å². The van der Waals surface area contributed by atoms with E-state index in [1.807, 2.05) is 13.1 Å². The number of aryl methyl sites for hydroxylation is 1. The number of hydrogen-bond acceptors (Lipinski definition) is 3. The molecular weight excluding hydrogens is 202 g/mol. The van der Waals surface area contributed by atoms with Gasteiger partial charge in [-0.25, -0.2) is 0 Å². The third-order valence-corrected chi connectivity index (χ3v) is 3.16. The molecule has 1 N–H and O–H groups in total. The lowest BCUT2D eigenvalue weighted by molar-refractivity contribution is 0.100. The van der Waals surface area contributed by atoms with Crippen molar-refractivity contribution in [3.8, 4) is 0 Å². The molecule has 0 aromatic carbocycles. The molecule has 1 saturated heterocycles. The summed E-state index contributed by atoms with van der Waals surface area (Å²) in [5, 5.41) is 7.87. The molecule has 0 aliphatic carbocycles. The zero-order valence-corrected chi connectivity index (χ0v) is 9.99. The molecule has 1 aliphatic rings. The van der Waals surface area contributed by atoms with Crippen molar-refractivity contribution in [1.82, 2.24) is 15.1 Å². The van der Waals surface area contributed by atoms with Crippen LogP contribution in [0, 0.1) is 0 Å². The summed E-state index contributed by atoms with van der Waals surface area (Å²) in [6.45, 7) is 2.69. The largest absolute Gasteiger partial charge is 0.314 e. The molecule has 1 aromatic heterocycles. The van der Waals surface area contributed by atoms with Crippen molar-refractivity contribution in [3.63, 3.8) is 0 Å². The maximum Gasteiger partial charge on any atom is 0.177 e. The quantitative estimate of drug-likeness (QED) is 0.783. The molecule has 1 aromatic rings. The van der Waals surface area contributed by atoms with Crippen LogP contribution in [0.2, 0.25) is 0 Å². The van der Waals surface area contributed by atoms with Crippen molar-refractivity contribution < 1.29 is 4.79 Å². The van der Waals surface area contributed by atoms with Crippen molar-refractivity contribution in [3.05, 3.63) is 17.5 Å². The fraction of sp³-hybridized carbons (Fsp3) is 0.667. The van der Waals surface area contributed by atoms with E-state index in [1.54, 1.807) is 11.6 Å². The average Bonchev–Trinajstić information content (AvgIpc) is 2.61. The number of carbonyl (C=O) groups is 1. The number of hydrogen-bond donors (Lipinski definition) is 1. The number of ketones is 1. The van der Waals surface area contributed by atoms with Crippen molar-refractivity contribution in [2.75, 3.05) is 6.54 Å². The van der Waals surface area contributed by atoms with Crippen LogP contribution in [-0.2, 0) is 13.5 Å². The average molecular weight is 221 g/mol. The van der Waals surface area contributed by atoms with Gasteiger partial charge in [-0.15, -0.1) is 0 Å². The molecular formula is C12H19N3O. The van der Waals surface area contributed by atoms with E-state index in [4.69, 9.17) is 0 Å². The fourth-order valence-electron chi connectivity index (χ4n) is 2.31. The molecule has 2 rings (SSSR count). The minimum absolute atomic E-state index is 0.0813. The standard InChI is InChI=1S/C12H19N3O/c1-9(16)12-8-11(14-15(12)2)7-10-5-3-4-6-13-10/h8,10,13H,3-7H2,1-2H3. The maximum atomic E-state index is 11.3. The Labute approximate surface area is 96.0 Å². The zero-order chi connectivity index (χ0) is 11.5. The first-order valence-electron chi connectivity index (χ1n) is 5.94. The van der Waals surface area contributed by atoms with Crippen LogP contribution in [0.5, 0.6) is 0 Å². The Balaban J connectivity index is 2.03. The molecule has 4 heteroatoms. The first-order valence-corrected chi connectivity index (χ1v) is 5.94. The van der Waals surface area contributed by atoms with Gasteiger partial charge >= 0.3 is 0 Å². The summed E-state index contributed by atoms with van der Waals surface area (Å²) < 4.78 is 1.68. The summed E-state index contributed by atoms with van der Waals surface area (Å²) in [6.07, 6.45) is 4.72. The van der Waals surface area contributed by atoms with Crippen LogP contribution in [0.4, 0.5) is 0 Å². The van der Waals surface area contributed by atoms with Gasteiger partial charge in [-0.3, -0.25) is 9.48 Å². The minimum Gasteiger partial charge on any atom is -0.314 e. The molecule has 0 radical (unpaired) electrons. The normalized spacial score (nSPS) is 21.0. The Morgan fingerprint density at radius 3 is 3.00 bits per heavy atom. The van der Waals surface area contributed by atoms with Crippen molar-refractivity contribution >= 4 is 5.78 Å². The Hall–Kier alpha value is -1.16. The summed E-state index contributed by atoms with van der Waals surface area (Å²) in [4.78, 5) is 11.3. The van der Waals surface area contributed by atoms with E-state index in [0.717, 1.165) is 18.7 Å². The van der Waals surface area contributed by atoms with Gasteiger partial charge in [-0.2, -0.15) is 5.10 Å². The molecule has 0 saturated carbocycles. The maximum absolute atomic E-state index is 11.3. The second-order valence-corrected chi connectivity index (χ2v) is 4.55. The molecule has 0 amide bonds. The monoisotopic (exact) mass is 221 g/mol. The van der Waals surface area contributed by atoms with Gasteiger partial charge in [-0.1, -0.05) is 6.42 Å². The minimum atomic E-state index is 0.0813. The summed E-state index contributed by atoms with van der Waals surface area (Å²) in [7, 11) is 1.83. The first kappa shape index (κ1) is 11.3. The lowest BCUT2D eigenvalue weighted by Crippen LogP contribution is -2.35. The van der Waals surface area contributed by atoms with Gasteiger partial charge in [0.25, 0.3) is 0 Å². The summed E-state index contributed by atoms with van der Waals surface area (Å²) >= 11 is 0. The van der Waals surface area contributed by atoms with E-state index in [9.17, 15) is 4.79 Å². The highest BCUT2D eigenvalue weighted by atomic mass is 16.1. The van der Waals surface area contributed by atoms with Gasteiger partial charge in [0.2, 0.25) is 0 Å². The van der Waals surface area contributed by atoms with Crippen LogP contribution in [0.3, 0.4) is 0 Å². The third-order valence-electron chi connectivity index (χ3n) is 3.16. The molecule has 2 heterocycles. The number of aromatic nitrogens is 2. The first-order chi connectivity index (χ1) is 7.66. The van der Waals surface area contributed by atoms with Gasteiger partial charge in [-0.05, 0) is 25.5 Å². The van der Waals surface area contributed by atoms with E-state index in [0.29, 0.717) is 11.7 Å². The highest BCUT2D eigenvalue weighted by Gasteiger charge is 2.16. The SMILES string of the molecule is CC(=O)c1cc(CC2CCCCN2)nn1C. The lowest BCUT2D eigenvalue weighted by Gasteiger charge is -2.22. The van der Waals surface area contributed by atoms with E-state index < -0.39 is 0 Å². The van der Waals surface area contributed by atoms with Crippen LogP contribution in [0.1, 0.15) is 42.4 Å². The second-order valence-electron chi connectivity index (χ2n) is 4.55. The predicted octanol–water partition coefficient (Wildman–Crippen LogP) is 1.31. The second kappa shape index (κ2) is 4.78. The molecule has 0 spiro atoms. The Morgan fingerprint density at radius 1 is 1.62 bits per heavy atom. The number of rotatable bonds is 3. The molecule has 0 bridgehead atoms. The molecule has 16 heavy (non-hydrogen) atoms. The Morgan fingerprint density at radius 2 is 2.44 bits per heavy atom. The molecule has 88 valence electrons. The fourth-order valence-corrected chi connectivity index (χ4v) is 2.31.